The molecule has 0 aliphatic carbocycles. The minimum absolute atomic E-state index is 0. The van der Waals surface area contributed by atoms with Gasteiger partial charge in [-0.25, -0.2) is 0 Å². The molecule has 0 fully saturated rings. The topological polar surface area (TPSA) is 0 Å². The first-order chi connectivity index (χ1) is 0. The van der Waals surface area contributed by atoms with Crippen molar-refractivity contribution in [3.8, 4) is 0 Å². The van der Waals surface area contributed by atoms with E-state index in [2.05, 4.69) is 0 Å². The third-order valence-electron chi connectivity index (χ3n) is 0. The molecular weight excluding hydrogens is 317 g/mol. The van der Waals surface area contributed by atoms with Gasteiger partial charge in [0.25, 0.3) is 0 Å². The van der Waals surface area contributed by atoms with E-state index in [1.165, 1.54) is 0 Å². The Bertz CT molecular complexity index is 11.6. The molecule has 5 heavy (non-hydrogen) atoms. The van der Waals surface area contributed by atoms with Crippen molar-refractivity contribution in [2.24, 2.45) is 0 Å². The third-order valence-corrected chi connectivity index (χ3v) is 0. The standard InChI is InChI=1S/Cr.Fe.Mn.Mo.Ni. The van der Waals surface area contributed by atoms with Gasteiger partial charge in [0.15, 0.2) is 0 Å². The van der Waals surface area contributed by atoms with E-state index in [0.29, 0.717) is 0 Å². The molecule has 5 heteroatoms. The maximum absolute atomic E-state index is 0. The Morgan fingerprint density at radius 3 is 1.00 bits per heavy atom. The van der Waals surface area contributed by atoms with E-state index in [4.69, 9.17) is 0 Å². The summed E-state index contributed by atoms with van der Waals surface area (Å²) in [6.07, 6.45) is 0. The summed E-state index contributed by atoms with van der Waals surface area (Å²) >= 11 is 0. The number of hydrogen-bond acceptors (Lipinski definition) is 0. The minimum Gasteiger partial charge on any atom is 0 e. The van der Waals surface area contributed by atoms with Gasteiger partial charge in [0.05, 0.1) is 0 Å². The molecule has 0 aromatic rings. The predicted molar refractivity (Wildman–Crippen MR) is 0 cm³/mol. The van der Waals surface area contributed by atoms with E-state index in [-0.39, 0.29) is 89.1 Å². The van der Waals surface area contributed by atoms with E-state index in [1.807, 2.05) is 0 Å². The average molecular weight is 317 g/mol. The van der Waals surface area contributed by atoms with Crippen LogP contribution in [0, 0.1) is 0 Å². The molecule has 0 aromatic carbocycles. The number of rotatable bonds is 0. The van der Waals surface area contributed by atoms with Crippen LogP contribution in [0.2, 0.25) is 0 Å². The Kier molecular flexibility index (Phi) is 275. The Morgan fingerprint density at radius 2 is 1.00 bits per heavy atom. The minimum atomic E-state index is 0. The fourth-order valence-corrected chi connectivity index (χ4v) is 0. The quantitative estimate of drug-likeness (QED) is 0.551. The summed E-state index contributed by atoms with van der Waals surface area (Å²) in [4.78, 5) is 0. The van der Waals surface area contributed by atoms with Crippen LogP contribution in [-0.2, 0) is 89.1 Å². The Hall–Kier alpha value is 2.75. The molecule has 0 saturated carbocycles. The van der Waals surface area contributed by atoms with Gasteiger partial charge >= 0.3 is 0 Å². The van der Waals surface area contributed by atoms with Gasteiger partial charge in [0, 0.05) is 89.1 Å². The SMILES string of the molecule is [Cr].[Fe].[Mn].[Mo].[Ni]. The molecule has 0 unspecified atom stereocenters. The second-order valence-electron chi connectivity index (χ2n) is 0. The maximum atomic E-state index is 0. The summed E-state index contributed by atoms with van der Waals surface area (Å²) in [7, 11) is 0. The summed E-state index contributed by atoms with van der Waals surface area (Å²) in [6.45, 7) is 0. The van der Waals surface area contributed by atoms with Crippen molar-refractivity contribution >= 4 is 0 Å². The van der Waals surface area contributed by atoms with Crippen LogP contribution in [0.5, 0.6) is 0 Å². The van der Waals surface area contributed by atoms with Crippen molar-refractivity contribution < 1.29 is 89.1 Å². The van der Waals surface area contributed by atoms with Gasteiger partial charge in [0.1, 0.15) is 0 Å². The van der Waals surface area contributed by atoms with Crippen LogP contribution in [0.25, 0.3) is 0 Å². The molecule has 0 rings (SSSR count). The van der Waals surface area contributed by atoms with E-state index in [0.717, 1.165) is 0 Å². The van der Waals surface area contributed by atoms with Crippen LogP contribution >= 0.6 is 0 Å². The first kappa shape index (κ1) is 46.6. The largest absolute Gasteiger partial charge is 0 e. The third kappa shape index (κ3) is 20.1. The molecule has 1 radical (unpaired) electrons. The van der Waals surface area contributed by atoms with Gasteiger partial charge in [-0.3, -0.25) is 0 Å². The van der Waals surface area contributed by atoms with Crippen LogP contribution in [0.15, 0.2) is 0 Å². The Morgan fingerprint density at radius 1 is 1.00 bits per heavy atom. The van der Waals surface area contributed by atoms with Crippen molar-refractivity contribution in [1.82, 2.24) is 0 Å². The van der Waals surface area contributed by atoms with E-state index < -0.39 is 0 Å². The van der Waals surface area contributed by atoms with Gasteiger partial charge in [-0.1, -0.05) is 0 Å². The smallest absolute Gasteiger partial charge is 0 e. The van der Waals surface area contributed by atoms with Crippen LogP contribution in [0.4, 0.5) is 0 Å². The van der Waals surface area contributed by atoms with Crippen molar-refractivity contribution in [3.05, 3.63) is 0 Å². The summed E-state index contributed by atoms with van der Waals surface area (Å²) in [6, 6.07) is 0. The summed E-state index contributed by atoms with van der Waals surface area (Å²) in [5, 5.41) is 0. The molecule has 0 N–H and O–H groups in total. The summed E-state index contributed by atoms with van der Waals surface area (Å²) < 4.78 is 0. The molecule has 0 aliphatic heterocycles. The molecular formula is CrFeMnMoNi. The molecule has 37 valence electrons. The summed E-state index contributed by atoms with van der Waals surface area (Å²) in [5.74, 6) is 0. The van der Waals surface area contributed by atoms with Crippen LogP contribution in [0.3, 0.4) is 0 Å². The van der Waals surface area contributed by atoms with Gasteiger partial charge in [-0.05, 0) is 0 Å². The maximum Gasteiger partial charge on any atom is 0 e. The van der Waals surface area contributed by atoms with Crippen LogP contribution in [-0.4, -0.2) is 0 Å². The fraction of sp³-hybridized carbons (Fsp3) is 0. The zero-order valence-electron chi connectivity index (χ0n) is 1.86. The van der Waals surface area contributed by atoms with Crippen molar-refractivity contribution in [3.63, 3.8) is 0 Å². The Balaban J connectivity index is 0. The molecule has 0 saturated heterocycles. The molecule has 0 amide bonds. The van der Waals surface area contributed by atoms with Crippen molar-refractivity contribution in [2.45, 2.75) is 0 Å². The van der Waals surface area contributed by atoms with E-state index in [1.54, 1.807) is 0 Å². The van der Waals surface area contributed by atoms with Crippen molar-refractivity contribution in [1.29, 1.82) is 0 Å². The van der Waals surface area contributed by atoms with Gasteiger partial charge < -0.3 is 0 Å². The van der Waals surface area contributed by atoms with Gasteiger partial charge in [-0.15, -0.1) is 0 Å². The second kappa shape index (κ2) is 29.5. The molecule has 0 nitrogen and oxygen atoms in total. The van der Waals surface area contributed by atoms with Crippen LogP contribution < -0.4 is 0 Å². The average Bonchev–Trinajstić information content (AvgIpc) is 0. The van der Waals surface area contributed by atoms with Crippen LogP contribution in [0.1, 0.15) is 0 Å². The zero-order valence-corrected chi connectivity index (χ0v) is 8.42. The van der Waals surface area contributed by atoms with Crippen molar-refractivity contribution in [2.75, 3.05) is 0 Å². The molecule has 0 spiro atoms. The molecule has 0 aromatic heterocycles. The number of hydrogen-bond donors (Lipinski definition) is 0. The first-order valence-corrected chi connectivity index (χ1v) is 0. The Labute approximate surface area is 87.9 Å². The molecule has 0 atom stereocenters. The molecule has 0 bridgehead atoms. The monoisotopic (exact) mass is 319 g/mol. The molecule has 0 heterocycles. The normalized spacial score (nSPS) is 0. The summed E-state index contributed by atoms with van der Waals surface area (Å²) in [5.41, 5.74) is 0. The van der Waals surface area contributed by atoms with E-state index in [9.17, 15) is 0 Å². The zero-order chi connectivity index (χ0) is 0. The second-order valence-corrected chi connectivity index (χ2v) is 0. The first-order valence-electron chi connectivity index (χ1n) is 0. The van der Waals surface area contributed by atoms with Gasteiger partial charge in [-0.2, -0.15) is 0 Å². The fourth-order valence-electron chi connectivity index (χ4n) is 0. The van der Waals surface area contributed by atoms with Gasteiger partial charge in [0.2, 0.25) is 0 Å². The predicted octanol–water partition coefficient (Wildman–Crippen LogP) is -0.0125. The van der Waals surface area contributed by atoms with E-state index >= 15 is 0 Å². The molecule has 0 aliphatic rings.